The Hall–Kier alpha value is -1.43. The Morgan fingerprint density at radius 3 is 2.81 bits per heavy atom. The number of hydrogen-bond donors (Lipinski definition) is 1. The van der Waals surface area contributed by atoms with Crippen LogP contribution in [0.15, 0.2) is 11.2 Å². The molecule has 1 aliphatic heterocycles. The topological polar surface area (TPSA) is 71.6 Å². The molecular weight excluding hydrogens is 224 g/mol. The summed E-state index contributed by atoms with van der Waals surface area (Å²) in [5.41, 5.74) is 5.12. The van der Waals surface area contributed by atoms with Crippen LogP contribution in [-0.2, 0) is 10.3 Å². The third-order valence-corrected chi connectivity index (χ3v) is 3.82. The fourth-order valence-electron chi connectivity index (χ4n) is 1.64. The van der Waals surface area contributed by atoms with Crippen LogP contribution in [0.3, 0.4) is 0 Å². The van der Waals surface area contributed by atoms with Gasteiger partial charge in [0.2, 0.25) is 5.91 Å². The molecule has 0 aromatic carbocycles. The van der Waals surface area contributed by atoms with E-state index in [4.69, 9.17) is 5.73 Å². The maximum absolute atomic E-state index is 11.7. The first-order chi connectivity index (χ1) is 7.42. The molecular formula is C10H14N4OS. The third-order valence-electron chi connectivity index (χ3n) is 2.66. The van der Waals surface area contributed by atoms with Gasteiger partial charge in [0.25, 0.3) is 0 Å². The molecule has 0 spiro atoms. The minimum atomic E-state index is -0.605. The number of aryl methyl sites for hydroxylation is 1. The van der Waals surface area contributed by atoms with Crippen molar-refractivity contribution in [1.82, 2.24) is 9.88 Å². The van der Waals surface area contributed by atoms with Crippen LogP contribution < -0.4 is 5.73 Å². The summed E-state index contributed by atoms with van der Waals surface area (Å²) in [7, 11) is 1.63. The van der Waals surface area contributed by atoms with Gasteiger partial charge in [0.15, 0.2) is 5.96 Å². The lowest BCUT2D eigenvalue weighted by Gasteiger charge is -2.31. The highest BCUT2D eigenvalue weighted by Gasteiger charge is 2.38. The van der Waals surface area contributed by atoms with Gasteiger partial charge in [-0.3, -0.25) is 9.69 Å². The molecule has 2 N–H and O–H groups in total. The lowest BCUT2D eigenvalue weighted by Crippen LogP contribution is -2.47. The standard InChI is InChI=1S/C10H14N4OS/c1-6-5-12-8(16-6)10(2)4-7(15)14(3)9(11)13-10/h5H,4H2,1-3H3,(H2,11,13)/t10-/m0/s1. The predicted molar refractivity (Wildman–Crippen MR) is 63.2 cm³/mol. The average molecular weight is 238 g/mol. The Labute approximate surface area is 98.0 Å². The van der Waals surface area contributed by atoms with Gasteiger partial charge >= 0.3 is 0 Å². The molecule has 16 heavy (non-hydrogen) atoms. The van der Waals surface area contributed by atoms with E-state index in [0.29, 0.717) is 6.42 Å². The van der Waals surface area contributed by atoms with Gasteiger partial charge in [-0.15, -0.1) is 11.3 Å². The van der Waals surface area contributed by atoms with Crippen LogP contribution in [-0.4, -0.2) is 28.8 Å². The van der Waals surface area contributed by atoms with E-state index in [9.17, 15) is 4.79 Å². The van der Waals surface area contributed by atoms with Gasteiger partial charge in [-0.1, -0.05) is 0 Å². The van der Waals surface area contributed by atoms with Crippen LogP contribution in [0, 0.1) is 6.92 Å². The first-order valence-corrected chi connectivity index (χ1v) is 5.79. The fraction of sp³-hybridized carbons (Fsp3) is 0.500. The number of hydrogen-bond acceptors (Lipinski definition) is 5. The van der Waals surface area contributed by atoms with Gasteiger partial charge in [-0.05, 0) is 13.8 Å². The number of aliphatic imine (C=N–C) groups is 1. The second-order valence-corrected chi connectivity index (χ2v) is 5.38. The van der Waals surface area contributed by atoms with E-state index in [1.165, 1.54) is 4.90 Å². The highest BCUT2D eigenvalue weighted by atomic mass is 32.1. The van der Waals surface area contributed by atoms with E-state index < -0.39 is 5.54 Å². The zero-order valence-corrected chi connectivity index (χ0v) is 10.3. The summed E-state index contributed by atoms with van der Waals surface area (Å²) >= 11 is 1.55. The van der Waals surface area contributed by atoms with Crippen molar-refractivity contribution < 1.29 is 4.79 Å². The Morgan fingerprint density at radius 1 is 1.62 bits per heavy atom. The maximum Gasteiger partial charge on any atom is 0.231 e. The number of carbonyl (C=O) groups is 1. The maximum atomic E-state index is 11.7. The van der Waals surface area contributed by atoms with E-state index >= 15 is 0 Å². The van der Waals surface area contributed by atoms with E-state index in [2.05, 4.69) is 9.98 Å². The third kappa shape index (κ3) is 1.69. The van der Waals surface area contributed by atoms with Crippen LogP contribution >= 0.6 is 11.3 Å². The molecule has 0 radical (unpaired) electrons. The molecule has 0 bridgehead atoms. The van der Waals surface area contributed by atoms with Crippen LogP contribution in [0.4, 0.5) is 0 Å². The predicted octanol–water partition coefficient (Wildman–Crippen LogP) is 0.844. The monoisotopic (exact) mass is 238 g/mol. The number of thiazole rings is 1. The average Bonchev–Trinajstić information content (AvgIpc) is 2.62. The molecule has 0 saturated heterocycles. The number of rotatable bonds is 1. The van der Waals surface area contributed by atoms with E-state index in [1.54, 1.807) is 24.6 Å². The quantitative estimate of drug-likeness (QED) is 0.788. The summed E-state index contributed by atoms with van der Waals surface area (Å²) < 4.78 is 0. The van der Waals surface area contributed by atoms with Crippen molar-refractivity contribution in [3.05, 3.63) is 16.1 Å². The fourth-order valence-corrected chi connectivity index (χ4v) is 2.49. The Bertz CT molecular complexity index is 467. The van der Waals surface area contributed by atoms with Gasteiger partial charge in [0.05, 0.1) is 6.42 Å². The van der Waals surface area contributed by atoms with Crippen LogP contribution in [0.1, 0.15) is 23.2 Å². The lowest BCUT2D eigenvalue weighted by atomic mass is 9.97. The van der Waals surface area contributed by atoms with Crippen molar-refractivity contribution in [3.8, 4) is 0 Å². The second kappa shape index (κ2) is 3.55. The molecule has 86 valence electrons. The van der Waals surface area contributed by atoms with Crippen molar-refractivity contribution in [2.24, 2.45) is 10.7 Å². The minimum absolute atomic E-state index is 0.0251. The SMILES string of the molecule is Cc1cnc([C@]2(C)CC(=O)N(C)C(N)=N2)s1. The normalized spacial score (nSPS) is 25.8. The number of nitrogens with two attached hydrogens (primary N) is 1. The summed E-state index contributed by atoms with van der Waals surface area (Å²) in [6, 6.07) is 0. The number of aromatic nitrogens is 1. The Balaban J connectivity index is 2.43. The van der Waals surface area contributed by atoms with Crippen LogP contribution in [0.2, 0.25) is 0 Å². The first kappa shape index (κ1) is 11.1. The van der Waals surface area contributed by atoms with Gasteiger partial charge in [-0.2, -0.15) is 0 Å². The minimum Gasteiger partial charge on any atom is -0.369 e. The molecule has 1 aromatic rings. The van der Waals surface area contributed by atoms with Crippen molar-refractivity contribution in [2.45, 2.75) is 25.8 Å². The zero-order chi connectivity index (χ0) is 11.9. The number of guanidine groups is 1. The number of amides is 1. The highest BCUT2D eigenvalue weighted by molar-refractivity contribution is 7.11. The molecule has 1 atom stereocenters. The van der Waals surface area contributed by atoms with E-state index in [-0.39, 0.29) is 11.9 Å². The van der Waals surface area contributed by atoms with E-state index in [0.717, 1.165) is 9.88 Å². The summed E-state index contributed by atoms with van der Waals surface area (Å²) in [6.45, 7) is 3.87. The number of nitrogens with zero attached hydrogens (tertiary/aromatic N) is 3. The van der Waals surface area contributed by atoms with Crippen molar-refractivity contribution >= 4 is 23.2 Å². The molecule has 1 amide bonds. The molecule has 0 aliphatic carbocycles. The van der Waals surface area contributed by atoms with Crippen molar-refractivity contribution in [3.63, 3.8) is 0 Å². The molecule has 2 heterocycles. The van der Waals surface area contributed by atoms with Crippen LogP contribution in [0.25, 0.3) is 0 Å². The molecule has 5 nitrogen and oxygen atoms in total. The lowest BCUT2D eigenvalue weighted by molar-refractivity contribution is -0.128. The molecule has 0 fully saturated rings. The van der Waals surface area contributed by atoms with Gasteiger partial charge in [-0.25, -0.2) is 9.98 Å². The highest BCUT2D eigenvalue weighted by Crippen LogP contribution is 2.34. The van der Waals surface area contributed by atoms with E-state index in [1.807, 2.05) is 13.8 Å². The number of carbonyl (C=O) groups excluding carboxylic acids is 1. The van der Waals surface area contributed by atoms with Crippen molar-refractivity contribution in [1.29, 1.82) is 0 Å². The smallest absolute Gasteiger partial charge is 0.231 e. The largest absolute Gasteiger partial charge is 0.369 e. The Kier molecular flexibility index (Phi) is 2.46. The van der Waals surface area contributed by atoms with Gasteiger partial charge in [0, 0.05) is 18.1 Å². The zero-order valence-electron chi connectivity index (χ0n) is 9.52. The second-order valence-electron chi connectivity index (χ2n) is 4.15. The summed E-state index contributed by atoms with van der Waals surface area (Å²) in [5, 5.41) is 0.842. The van der Waals surface area contributed by atoms with Crippen molar-refractivity contribution in [2.75, 3.05) is 7.05 Å². The Morgan fingerprint density at radius 2 is 2.31 bits per heavy atom. The van der Waals surface area contributed by atoms with Crippen LogP contribution in [0.5, 0.6) is 0 Å². The molecule has 0 saturated carbocycles. The molecule has 2 rings (SSSR count). The van der Waals surface area contributed by atoms with Gasteiger partial charge < -0.3 is 5.73 Å². The molecule has 1 aromatic heterocycles. The molecule has 6 heteroatoms. The first-order valence-electron chi connectivity index (χ1n) is 4.97. The summed E-state index contributed by atoms with van der Waals surface area (Å²) in [6.07, 6.45) is 2.11. The summed E-state index contributed by atoms with van der Waals surface area (Å²) in [5.74, 6) is 0.231. The molecule has 0 unspecified atom stereocenters. The van der Waals surface area contributed by atoms with Gasteiger partial charge in [0.1, 0.15) is 10.5 Å². The summed E-state index contributed by atoms with van der Waals surface area (Å²) in [4.78, 5) is 22.9. The molecule has 1 aliphatic rings.